The molecule has 4 nitrogen and oxygen atoms in total. The molecular formula is C13H16N4. The topological polar surface area (TPSA) is 63.8 Å². The second-order valence-corrected chi connectivity index (χ2v) is 4.60. The fraction of sp³-hybridized carbons (Fsp3) is 0.385. The Hall–Kier alpha value is -1.84. The quantitative estimate of drug-likeness (QED) is 0.843. The van der Waals surface area contributed by atoms with Crippen LogP contribution in [0.15, 0.2) is 24.3 Å². The molecule has 0 aliphatic heterocycles. The maximum atomic E-state index is 5.88. The van der Waals surface area contributed by atoms with Crippen molar-refractivity contribution in [2.45, 2.75) is 19.3 Å². The Morgan fingerprint density at radius 2 is 1.88 bits per heavy atom. The summed E-state index contributed by atoms with van der Waals surface area (Å²) < 4.78 is 0. The molecule has 2 aromatic rings. The second kappa shape index (κ2) is 4.20. The summed E-state index contributed by atoms with van der Waals surface area (Å²) in [5.74, 6) is 2.11. The molecule has 88 valence electrons. The van der Waals surface area contributed by atoms with E-state index in [1.54, 1.807) is 0 Å². The number of aromatic nitrogens is 2. The third-order valence-electron chi connectivity index (χ3n) is 3.14. The lowest BCUT2D eigenvalue weighted by Crippen LogP contribution is -2.08. The van der Waals surface area contributed by atoms with Gasteiger partial charge < -0.3 is 11.1 Å². The zero-order valence-electron chi connectivity index (χ0n) is 9.69. The fourth-order valence-electron chi connectivity index (χ4n) is 1.95. The van der Waals surface area contributed by atoms with Crippen molar-refractivity contribution in [1.82, 2.24) is 9.97 Å². The number of nitrogens with one attached hydrogen (secondary N) is 1. The molecule has 1 aromatic carbocycles. The lowest BCUT2D eigenvalue weighted by Gasteiger charge is -2.08. The smallest absolute Gasteiger partial charge is 0.169 e. The van der Waals surface area contributed by atoms with Gasteiger partial charge in [0.05, 0.1) is 11.0 Å². The van der Waals surface area contributed by atoms with E-state index >= 15 is 0 Å². The first-order valence-electron chi connectivity index (χ1n) is 6.09. The largest absolute Gasteiger partial charge is 0.381 e. The molecule has 0 spiro atoms. The van der Waals surface area contributed by atoms with Gasteiger partial charge in [0, 0.05) is 6.54 Å². The number of nitrogens with zero attached hydrogens (tertiary/aromatic N) is 2. The van der Waals surface area contributed by atoms with Crippen molar-refractivity contribution in [3.05, 3.63) is 24.3 Å². The highest BCUT2D eigenvalue weighted by molar-refractivity contribution is 5.79. The molecule has 1 aromatic heterocycles. The molecular weight excluding hydrogens is 212 g/mol. The van der Waals surface area contributed by atoms with E-state index in [1.165, 1.54) is 19.3 Å². The maximum Gasteiger partial charge on any atom is 0.169 e. The number of nitrogens with two attached hydrogens (primary N) is 1. The van der Waals surface area contributed by atoms with Crippen LogP contribution in [-0.2, 0) is 0 Å². The van der Waals surface area contributed by atoms with Crippen LogP contribution in [0, 0.1) is 5.92 Å². The minimum absolute atomic E-state index is 0.486. The molecule has 0 bridgehead atoms. The summed E-state index contributed by atoms with van der Waals surface area (Å²) in [6.45, 7) is 0.932. The predicted molar refractivity (Wildman–Crippen MR) is 69.8 cm³/mol. The Morgan fingerprint density at radius 3 is 2.59 bits per heavy atom. The fourth-order valence-corrected chi connectivity index (χ4v) is 1.95. The van der Waals surface area contributed by atoms with E-state index in [0.717, 1.165) is 23.5 Å². The number of rotatable bonds is 4. The number of benzene rings is 1. The predicted octanol–water partition coefficient (Wildman–Crippen LogP) is 2.42. The van der Waals surface area contributed by atoms with Crippen molar-refractivity contribution in [1.29, 1.82) is 0 Å². The van der Waals surface area contributed by atoms with E-state index in [1.807, 2.05) is 24.3 Å². The summed E-state index contributed by atoms with van der Waals surface area (Å²) in [4.78, 5) is 8.84. The maximum absolute atomic E-state index is 5.88. The number of anilines is 2. The SMILES string of the molecule is Nc1nc2ccccc2nc1NCCC1CC1. The van der Waals surface area contributed by atoms with Gasteiger partial charge in [0.15, 0.2) is 11.6 Å². The van der Waals surface area contributed by atoms with E-state index in [9.17, 15) is 0 Å². The first-order valence-corrected chi connectivity index (χ1v) is 6.09. The number of para-hydroxylation sites is 2. The van der Waals surface area contributed by atoms with Crippen LogP contribution < -0.4 is 11.1 Å². The molecule has 1 saturated carbocycles. The number of hydrogen-bond acceptors (Lipinski definition) is 4. The van der Waals surface area contributed by atoms with Crippen molar-refractivity contribution >= 4 is 22.7 Å². The molecule has 1 fully saturated rings. The van der Waals surface area contributed by atoms with Gasteiger partial charge in [-0.15, -0.1) is 0 Å². The molecule has 1 aliphatic rings. The molecule has 0 amide bonds. The summed E-state index contributed by atoms with van der Waals surface area (Å²) in [5.41, 5.74) is 7.61. The molecule has 3 N–H and O–H groups in total. The van der Waals surface area contributed by atoms with Crippen molar-refractivity contribution in [2.24, 2.45) is 5.92 Å². The Morgan fingerprint density at radius 1 is 1.18 bits per heavy atom. The van der Waals surface area contributed by atoms with Crippen molar-refractivity contribution < 1.29 is 0 Å². The standard InChI is InChI=1S/C13H16N4/c14-12-13(15-8-7-9-5-6-9)17-11-4-2-1-3-10(11)16-12/h1-4,9H,5-8H2,(H2,14,16)(H,15,17). The minimum atomic E-state index is 0.486. The molecule has 17 heavy (non-hydrogen) atoms. The summed E-state index contributed by atoms with van der Waals surface area (Å²) in [6, 6.07) is 7.78. The number of fused-ring (bicyclic) bond motifs is 1. The Balaban J connectivity index is 1.79. The first kappa shape index (κ1) is 10.3. The monoisotopic (exact) mass is 228 g/mol. The highest BCUT2D eigenvalue weighted by Gasteiger charge is 2.20. The summed E-state index contributed by atoms with van der Waals surface area (Å²) >= 11 is 0. The van der Waals surface area contributed by atoms with Crippen LogP contribution >= 0.6 is 0 Å². The lowest BCUT2D eigenvalue weighted by molar-refractivity contribution is 0.758. The van der Waals surface area contributed by atoms with Gasteiger partial charge in [-0.25, -0.2) is 9.97 Å². The van der Waals surface area contributed by atoms with Crippen LogP contribution in [0.1, 0.15) is 19.3 Å². The van der Waals surface area contributed by atoms with Gasteiger partial charge in [-0.05, 0) is 24.5 Å². The van der Waals surface area contributed by atoms with Gasteiger partial charge in [0.1, 0.15) is 0 Å². The zero-order chi connectivity index (χ0) is 11.7. The van der Waals surface area contributed by atoms with E-state index in [2.05, 4.69) is 15.3 Å². The second-order valence-electron chi connectivity index (χ2n) is 4.60. The lowest BCUT2D eigenvalue weighted by atomic mass is 10.3. The van der Waals surface area contributed by atoms with Crippen molar-refractivity contribution in [2.75, 3.05) is 17.6 Å². The first-order chi connectivity index (χ1) is 8.33. The molecule has 4 heteroatoms. The number of nitrogen functional groups attached to an aromatic ring is 1. The molecule has 1 heterocycles. The molecule has 0 radical (unpaired) electrons. The molecule has 0 atom stereocenters. The molecule has 0 saturated heterocycles. The Kier molecular flexibility index (Phi) is 2.55. The minimum Gasteiger partial charge on any atom is -0.381 e. The Labute approximate surface area is 100 Å². The van der Waals surface area contributed by atoms with Crippen LogP contribution in [0.2, 0.25) is 0 Å². The van der Waals surface area contributed by atoms with E-state index in [0.29, 0.717) is 11.6 Å². The van der Waals surface area contributed by atoms with Crippen molar-refractivity contribution in [3.63, 3.8) is 0 Å². The van der Waals surface area contributed by atoms with Crippen LogP contribution in [0.25, 0.3) is 11.0 Å². The molecule has 0 unspecified atom stereocenters. The molecule has 3 rings (SSSR count). The highest BCUT2D eigenvalue weighted by Crippen LogP contribution is 2.32. The van der Waals surface area contributed by atoms with Crippen LogP contribution in [0.3, 0.4) is 0 Å². The van der Waals surface area contributed by atoms with E-state index in [4.69, 9.17) is 5.73 Å². The van der Waals surface area contributed by atoms with E-state index < -0.39 is 0 Å². The Bertz CT molecular complexity index is 534. The average molecular weight is 228 g/mol. The van der Waals surface area contributed by atoms with Gasteiger partial charge in [0.25, 0.3) is 0 Å². The van der Waals surface area contributed by atoms with Crippen LogP contribution in [-0.4, -0.2) is 16.5 Å². The average Bonchev–Trinajstić information content (AvgIpc) is 3.14. The van der Waals surface area contributed by atoms with Crippen LogP contribution in [0.5, 0.6) is 0 Å². The highest BCUT2D eigenvalue weighted by atomic mass is 15.1. The zero-order valence-corrected chi connectivity index (χ0v) is 9.69. The third-order valence-corrected chi connectivity index (χ3v) is 3.14. The van der Waals surface area contributed by atoms with Crippen molar-refractivity contribution in [3.8, 4) is 0 Å². The van der Waals surface area contributed by atoms with Gasteiger partial charge in [0.2, 0.25) is 0 Å². The normalized spacial score (nSPS) is 15.1. The number of hydrogen-bond donors (Lipinski definition) is 2. The van der Waals surface area contributed by atoms with Gasteiger partial charge in [-0.1, -0.05) is 25.0 Å². The third kappa shape index (κ3) is 2.30. The molecule has 1 aliphatic carbocycles. The van der Waals surface area contributed by atoms with Gasteiger partial charge in [-0.3, -0.25) is 0 Å². The summed E-state index contributed by atoms with van der Waals surface area (Å²) in [6.07, 6.45) is 3.95. The van der Waals surface area contributed by atoms with E-state index in [-0.39, 0.29) is 0 Å². The summed E-state index contributed by atoms with van der Waals surface area (Å²) in [5, 5.41) is 3.28. The van der Waals surface area contributed by atoms with Gasteiger partial charge in [-0.2, -0.15) is 0 Å². The van der Waals surface area contributed by atoms with Crippen LogP contribution in [0.4, 0.5) is 11.6 Å². The van der Waals surface area contributed by atoms with Gasteiger partial charge >= 0.3 is 0 Å². The summed E-state index contributed by atoms with van der Waals surface area (Å²) in [7, 11) is 0.